The van der Waals surface area contributed by atoms with Crippen LogP contribution in [0.2, 0.25) is 0 Å². The van der Waals surface area contributed by atoms with Crippen LogP contribution in [0.15, 0.2) is 41.1 Å². The second-order valence-corrected chi connectivity index (χ2v) is 4.74. The Labute approximate surface area is 119 Å². The Hall–Kier alpha value is -1.88. The van der Waals surface area contributed by atoms with Gasteiger partial charge in [0, 0.05) is 22.4 Å². The molecule has 19 heavy (non-hydrogen) atoms. The Morgan fingerprint density at radius 2 is 2.16 bits per heavy atom. The number of halogens is 1. The van der Waals surface area contributed by atoms with Gasteiger partial charge in [0.25, 0.3) is 0 Å². The average molecular weight is 322 g/mol. The summed E-state index contributed by atoms with van der Waals surface area (Å²) in [5, 5.41) is 0. The molecule has 0 spiro atoms. The number of pyridine rings is 1. The van der Waals surface area contributed by atoms with Crippen LogP contribution in [0, 0.1) is 0 Å². The fraction of sp³-hybridized carbons (Fsp3) is 0.143. The number of methoxy groups -OCH3 is 1. The Balaban J connectivity index is 2.13. The van der Waals surface area contributed by atoms with Crippen molar-refractivity contribution in [2.24, 2.45) is 0 Å². The van der Waals surface area contributed by atoms with E-state index in [-0.39, 0.29) is 0 Å². The zero-order valence-electron chi connectivity index (χ0n) is 10.3. The van der Waals surface area contributed by atoms with E-state index in [2.05, 4.69) is 20.9 Å². The van der Waals surface area contributed by atoms with E-state index in [1.165, 1.54) is 0 Å². The van der Waals surface area contributed by atoms with E-state index in [9.17, 15) is 4.79 Å². The van der Waals surface area contributed by atoms with Crippen molar-refractivity contribution in [3.63, 3.8) is 0 Å². The minimum atomic E-state index is 0.347. The molecule has 2 aromatic rings. The van der Waals surface area contributed by atoms with Crippen LogP contribution in [0.5, 0.6) is 11.5 Å². The Morgan fingerprint density at radius 1 is 1.32 bits per heavy atom. The van der Waals surface area contributed by atoms with Gasteiger partial charge in [0.1, 0.15) is 18.1 Å². The molecular formula is C14H12BrNO3. The van der Waals surface area contributed by atoms with Crippen molar-refractivity contribution >= 4 is 22.2 Å². The molecule has 0 saturated heterocycles. The van der Waals surface area contributed by atoms with Crippen molar-refractivity contribution in [2.45, 2.75) is 6.61 Å². The molecule has 1 aromatic carbocycles. The van der Waals surface area contributed by atoms with Crippen LogP contribution >= 0.6 is 15.9 Å². The molecule has 98 valence electrons. The van der Waals surface area contributed by atoms with Crippen LogP contribution in [0.1, 0.15) is 15.9 Å². The first-order chi connectivity index (χ1) is 9.22. The molecule has 0 aliphatic carbocycles. The highest BCUT2D eigenvalue weighted by Gasteiger charge is 2.05. The fourth-order valence-corrected chi connectivity index (χ4v) is 1.99. The normalized spacial score (nSPS) is 10.0. The number of rotatable bonds is 5. The molecule has 5 heteroatoms. The molecule has 0 fully saturated rings. The van der Waals surface area contributed by atoms with Gasteiger partial charge in [0.05, 0.1) is 12.7 Å². The van der Waals surface area contributed by atoms with Crippen molar-refractivity contribution in [3.8, 4) is 11.5 Å². The first-order valence-corrected chi connectivity index (χ1v) is 6.37. The van der Waals surface area contributed by atoms with E-state index >= 15 is 0 Å². The van der Waals surface area contributed by atoms with Gasteiger partial charge in [0.15, 0.2) is 6.29 Å². The predicted octanol–water partition coefficient (Wildman–Crippen LogP) is 3.24. The SMILES string of the molecule is COc1ccc(OCc2cncc(Br)c2)c(C=O)c1. The number of benzene rings is 1. The third-order valence-corrected chi connectivity index (χ3v) is 2.93. The molecular weight excluding hydrogens is 310 g/mol. The van der Waals surface area contributed by atoms with Gasteiger partial charge in [-0.2, -0.15) is 0 Å². The number of hydrogen-bond acceptors (Lipinski definition) is 4. The molecule has 0 amide bonds. The van der Waals surface area contributed by atoms with Gasteiger partial charge >= 0.3 is 0 Å². The van der Waals surface area contributed by atoms with Gasteiger partial charge in [-0.15, -0.1) is 0 Å². The van der Waals surface area contributed by atoms with E-state index in [1.807, 2.05) is 6.07 Å². The maximum Gasteiger partial charge on any atom is 0.153 e. The molecule has 0 unspecified atom stereocenters. The lowest BCUT2D eigenvalue weighted by Gasteiger charge is -2.09. The maximum atomic E-state index is 11.0. The molecule has 0 saturated carbocycles. The van der Waals surface area contributed by atoms with Crippen LogP contribution in [0.25, 0.3) is 0 Å². The summed E-state index contributed by atoms with van der Waals surface area (Å²) in [6, 6.07) is 7.02. The average Bonchev–Trinajstić information content (AvgIpc) is 2.45. The third-order valence-electron chi connectivity index (χ3n) is 2.50. The van der Waals surface area contributed by atoms with Crippen molar-refractivity contribution in [2.75, 3.05) is 7.11 Å². The number of aromatic nitrogens is 1. The van der Waals surface area contributed by atoms with Crippen LogP contribution < -0.4 is 9.47 Å². The molecule has 0 aliphatic rings. The fourth-order valence-electron chi connectivity index (χ4n) is 1.57. The summed E-state index contributed by atoms with van der Waals surface area (Å²) in [4.78, 5) is 15.1. The largest absolute Gasteiger partial charge is 0.497 e. The van der Waals surface area contributed by atoms with Gasteiger partial charge in [-0.3, -0.25) is 9.78 Å². The van der Waals surface area contributed by atoms with Crippen LogP contribution in [0.3, 0.4) is 0 Å². The number of carbonyl (C=O) groups is 1. The number of nitrogens with zero attached hydrogens (tertiary/aromatic N) is 1. The van der Waals surface area contributed by atoms with E-state index in [1.54, 1.807) is 37.7 Å². The summed E-state index contributed by atoms with van der Waals surface area (Å²) in [5.41, 5.74) is 1.38. The van der Waals surface area contributed by atoms with Gasteiger partial charge < -0.3 is 9.47 Å². The highest BCUT2D eigenvalue weighted by molar-refractivity contribution is 9.10. The lowest BCUT2D eigenvalue weighted by atomic mass is 10.2. The van der Waals surface area contributed by atoms with Crippen LogP contribution in [0.4, 0.5) is 0 Å². The highest BCUT2D eigenvalue weighted by Crippen LogP contribution is 2.23. The van der Waals surface area contributed by atoms with Crippen LogP contribution in [-0.2, 0) is 6.61 Å². The third kappa shape index (κ3) is 3.54. The smallest absolute Gasteiger partial charge is 0.153 e. The van der Waals surface area contributed by atoms with Gasteiger partial charge in [-0.25, -0.2) is 0 Å². The summed E-state index contributed by atoms with van der Waals surface area (Å²) in [6.45, 7) is 0.347. The first-order valence-electron chi connectivity index (χ1n) is 5.58. The monoisotopic (exact) mass is 321 g/mol. The standard InChI is InChI=1S/C14H12BrNO3/c1-18-13-2-3-14(11(5-13)8-17)19-9-10-4-12(15)7-16-6-10/h2-8H,9H2,1H3. The molecule has 0 bridgehead atoms. The zero-order valence-corrected chi connectivity index (χ0v) is 11.9. The molecule has 0 atom stereocenters. The molecule has 0 aliphatic heterocycles. The zero-order chi connectivity index (χ0) is 13.7. The quantitative estimate of drug-likeness (QED) is 0.793. The Morgan fingerprint density at radius 3 is 2.84 bits per heavy atom. The summed E-state index contributed by atoms with van der Waals surface area (Å²) in [6.07, 6.45) is 4.17. The second-order valence-electron chi connectivity index (χ2n) is 3.82. The van der Waals surface area contributed by atoms with E-state index < -0.39 is 0 Å². The maximum absolute atomic E-state index is 11.0. The Bertz CT molecular complexity index is 587. The van der Waals surface area contributed by atoms with Gasteiger partial charge in [0.2, 0.25) is 0 Å². The van der Waals surface area contributed by atoms with E-state index in [4.69, 9.17) is 9.47 Å². The molecule has 1 aromatic heterocycles. The second kappa shape index (κ2) is 6.33. The minimum Gasteiger partial charge on any atom is -0.497 e. The van der Waals surface area contributed by atoms with Gasteiger partial charge in [-0.1, -0.05) is 0 Å². The molecule has 0 radical (unpaired) electrons. The van der Waals surface area contributed by atoms with Crippen molar-refractivity contribution in [1.82, 2.24) is 4.98 Å². The van der Waals surface area contributed by atoms with Gasteiger partial charge in [-0.05, 0) is 40.2 Å². The van der Waals surface area contributed by atoms with Crippen molar-refractivity contribution in [3.05, 3.63) is 52.3 Å². The lowest BCUT2D eigenvalue weighted by molar-refractivity contribution is 0.111. The molecule has 2 rings (SSSR count). The van der Waals surface area contributed by atoms with Crippen LogP contribution in [-0.4, -0.2) is 18.4 Å². The summed E-state index contributed by atoms with van der Waals surface area (Å²) in [5.74, 6) is 1.15. The summed E-state index contributed by atoms with van der Waals surface area (Å²) in [7, 11) is 1.55. The predicted molar refractivity (Wildman–Crippen MR) is 74.7 cm³/mol. The summed E-state index contributed by atoms with van der Waals surface area (Å²) < 4.78 is 11.6. The van der Waals surface area contributed by atoms with E-state index in [0.717, 1.165) is 16.3 Å². The summed E-state index contributed by atoms with van der Waals surface area (Å²) >= 11 is 3.34. The number of hydrogen-bond donors (Lipinski definition) is 0. The Kier molecular flexibility index (Phi) is 4.52. The molecule has 4 nitrogen and oxygen atoms in total. The molecule has 0 N–H and O–H groups in total. The van der Waals surface area contributed by atoms with E-state index in [0.29, 0.717) is 23.7 Å². The minimum absolute atomic E-state index is 0.347. The van der Waals surface area contributed by atoms with Crippen molar-refractivity contribution in [1.29, 1.82) is 0 Å². The lowest BCUT2D eigenvalue weighted by Crippen LogP contribution is -1.99. The molecule has 1 heterocycles. The number of aldehydes is 1. The first kappa shape index (κ1) is 13.5. The topological polar surface area (TPSA) is 48.4 Å². The van der Waals surface area contributed by atoms with Crippen molar-refractivity contribution < 1.29 is 14.3 Å². The highest BCUT2D eigenvalue weighted by atomic mass is 79.9. The number of ether oxygens (including phenoxy) is 2. The number of carbonyl (C=O) groups excluding carboxylic acids is 1.